The Morgan fingerprint density at radius 2 is 1.15 bits per heavy atom. The molecule has 0 aromatic heterocycles. The summed E-state index contributed by atoms with van der Waals surface area (Å²) in [6.07, 6.45) is 1.76. The van der Waals surface area contributed by atoms with Crippen molar-refractivity contribution in [3.05, 3.63) is 102 Å². The second kappa shape index (κ2) is 16.2. The van der Waals surface area contributed by atoms with Crippen molar-refractivity contribution in [2.75, 3.05) is 26.2 Å². The third-order valence-electron chi connectivity index (χ3n) is 8.52. The van der Waals surface area contributed by atoms with Crippen molar-refractivity contribution in [2.24, 2.45) is 0 Å². The molecule has 0 spiro atoms. The van der Waals surface area contributed by atoms with Crippen molar-refractivity contribution in [1.82, 2.24) is 10.2 Å². The van der Waals surface area contributed by atoms with Gasteiger partial charge in [0.2, 0.25) is 0 Å². The van der Waals surface area contributed by atoms with Crippen LogP contribution < -0.4 is 5.32 Å². The Kier molecular flexibility index (Phi) is 12.9. The van der Waals surface area contributed by atoms with E-state index in [9.17, 15) is 33.0 Å². The minimum absolute atomic E-state index is 0.0666. The zero-order valence-corrected chi connectivity index (χ0v) is 28.7. The van der Waals surface area contributed by atoms with Gasteiger partial charge in [-0.2, -0.15) is 8.42 Å². The Bertz CT molecular complexity index is 1610. The van der Waals surface area contributed by atoms with Crippen LogP contribution in [0.3, 0.4) is 0 Å². The van der Waals surface area contributed by atoms with Gasteiger partial charge in [-0.15, -0.1) is 0 Å². The molecule has 11 nitrogen and oxygen atoms in total. The molecule has 0 bridgehead atoms. The fraction of sp³-hybridized carbons (Fsp3) is 0.417. The number of ether oxygens (including phenoxy) is 1. The van der Waals surface area contributed by atoms with Crippen molar-refractivity contribution >= 4 is 28.1 Å². The second-order valence-electron chi connectivity index (χ2n) is 13.0. The third-order valence-corrected chi connectivity index (χ3v) is 9.38. The van der Waals surface area contributed by atoms with Gasteiger partial charge in [0.25, 0.3) is 10.1 Å². The number of nitrogens with zero attached hydrogens (tertiary/aromatic N) is 1. The van der Waals surface area contributed by atoms with Gasteiger partial charge in [-0.05, 0) is 89.7 Å². The molecule has 0 saturated carbocycles. The topological polar surface area (TPSA) is 171 Å². The molecular weight excluding hydrogens is 636 g/mol. The maximum atomic E-state index is 12.1. The summed E-state index contributed by atoms with van der Waals surface area (Å²) in [6, 6.07) is 24.8. The molecule has 3 aromatic carbocycles. The van der Waals surface area contributed by atoms with E-state index in [1.807, 2.05) is 88.4 Å². The summed E-state index contributed by atoms with van der Waals surface area (Å²) in [5.74, 6) is -1.53. The number of hydrogen-bond acceptors (Lipinski definition) is 7. The highest BCUT2D eigenvalue weighted by Gasteiger charge is 2.44. The maximum Gasteiger partial charge on any atom is 0.410 e. The van der Waals surface area contributed by atoms with Crippen molar-refractivity contribution < 1.29 is 42.3 Å². The van der Waals surface area contributed by atoms with Gasteiger partial charge >= 0.3 is 18.0 Å². The number of carbonyl (C=O) groups excluding carboxylic acids is 1. The molecule has 260 valence electrons. The Hall–Kier alpha value is -4.26. The Morgan fingerprint density at radius 3 is 1.52 bits per heavy atom. The molecule has 0 atom stereocenters. The standard InChI is InChI=1S/C17H23NO4.C12H15NO2.C7H8O3S/c1-16(2,3)22-15(21)18-11-9-17(10-12-18,14(19)20)13-7-5-4-6-8-13;14-11(15)12(6-8-13-9-7-12)10-4-2-1-3-5-10;1-6-2-4-7(5-3-6)11(8,9)10/h4-8H,9-12H2,1-3H3,(H,19,20);1-5,13H,6-9H2,(H,14,15);2-5H,1H3,(H,8,9,10). The molecule has 2 saturated heterocycles. The van der Waals surface area contributed by atoms with E-state index in [0.717, 1.165) is 29.8 Å². The predicted octanol–water partition coefficient (Wildman–Crippen LogP) is 5.67. The number of likely N-dealkylation sites (tertiary alicyclic amines) is 1. The molecule has 4 N–H and O–H groups in total. The summed E-state index contributed by atoms with van der Waals surface area (Å²) in [7, 11) is -4.02. The minimum atomic E-state index is -4.02. The number of piperidine rings is 2. The van der Waals surface area contributed by atoms with Crippen LogP contribution in [0.5, 0.6) is 0 Å². The number of benzene rings is 3. The number of carboxylic acids is 2. The van der Waals surface area contributed by atoms with Crippen LogP contribution in [0.25, 0.3) is 0 Å². The summed E-state index contributed by atoms with van der Waals surface area (Å²) < 4.78 is 34.9. The van der Waals surface area contributed by atoms with Crippen LogP contribution in [-0.2, 0) is 35.3 Å². The molecule has 0 aliphatic carbocycles. The first-order valence-electron chi connectivity index (χ1n) is 15.8. The molecular formula is C36H46N2O9S. The number of carbonyl (C=O) groups is 3. The van der Waals surface area contributed by atoms with E-state index < -0.39 is 38.5 Å². The van der Waals surface area contributed by atoms with Crippen LogP contribution >= 0.6 is 0 Å². The van der Waals surface area contributed by atoms with E-state index in [1.165, 1.54) is 12.1 Å². The predicted molar refractivity (Wildman–Crippen MR) is 182 cm³/mol. The highest BCUT2D eigenvalue weighted by molar-refractivity contribution is 7.85. The van der Waals surface area contributed by atoms with Crippen molar-refractivity contribution in [3.8, 4) is 0 Å². The van der Waals surface area contributed by atoms with Crippen LogP contribution in [0.4, 0.5) is 4.79 Å². The lowest BCUT2D eigenvalue weighted by Crippen LogP contribution is -2.50. The molecule has 48 heavy (non-hydrogen) atoms. The number of carboxylic acid groups (broad SMARTS) is 2. The van der Waals surface area contributed by atoms with Gasteiger partial charge in [0.05, 0.1) is 15.7 Å². The lowest BCUT2D eigenvalue weighted by molar-refractivity contribution is -0.146. The molecule has 2 aliphatic heterocycles. The van der Waals surface area contributed by atoms with E-state index in [0.29, 0.717) is 38.8 Å². The monoisotopic (exact) mass is 682 g/mol. The molecule has 0 radical (unpaired) electrons. The lowest BCUT2D eigenvalue weighted by atomic mass is 9.73. The number of nitrogens with one attached hydrogen (secondary N) is 1. The lowest BCUT2D eigenvalue weighted by Gasteiger charge is -2.39. The van der Waals surface area contributed by atoms with E-state index >= 15 is 0 Å². The van der Waals surface area contributed by atoms with Gasteiger partial charge < -0.3 is 25.2 Å². The van der Waals surface area contributed by atoms with E-state index in [2.05, 4.69) is 5.32 Å². The second-order valence-corrected chi connectivity index (χ2v) is 14.4. The van der Waals surface area contributed by atoms with E-state index in [-0.39, 0.29) is 11.0 Å². The molecule has 0 unspecified atom stereocenters. The van der Waals surface area contributed by atoms with Crippen LogP contribution in [-0.4, -0.2) is 77.9 Å². The quantitative estimate of drug-likeness (QED) is 0.246. The summed E-state index contributed by atoms with van der Waals surface area (Å²) in [5, 5.41) is 22.3. The summed E-state index contributed by atoms with van der Waals surface area (Å²) in [5.41, 5.74) is 0.548. The number of aryl methyl sites for hydroxylation is 1. The van der Waals surface area contributed by atoms with Gasteiger partial charge in [0.15, 0.2) is 0 Å². The smallest absolute Gasteiger partial charge is 0.410 e. The van der Waals surface area contributed by atoms with Crippen LogP contribution in [0, 0.1) is 6.92 Å². The SMILES string of the molecule is CC(C)(C)OC(=O)N1CCC(C(=O)O)(c2ccccc2)CC1.Cc1ccc(S(=O)(=O)O)cc1.O=C(O)C1(c2ccccc2)CCNCC1. The highest BCUT2D eigenvalue weighted by Crippen LogP contribution is 2.36. The molecule has 2 fully saturated rings. The van der Waals surface area contributed by atoms with Gasteiger partial charge in [0.1, 0.15) is 5.60 Å². The van der Waals surface area contributed by atoms with Crippen molar-refractivity contribution in [1.29, 1.82) is 0 Å². The van der Waals surface area contributed by atoms with Crippen LogP contribution in [0.2, 0.25) is 0 Å². The summed E-state index contributed by atoms with van der Waals surface area (Å²) in [4.78, 5) is 36.9. The molecule has 2 aliphatic rings. The number of rotatable bonds is 5. The van der Waals surface area contributed by atoms with Crippen molar-refractivity contribution in [2.45, 2.75) is 74.7 Å². The molecule has 12 heteroatoms. The van der Waals surface area contributed by atoms with Gasteiger partial charge in [-0.3, -0.25) is 14.1 Å². The largest absolute Gasteiger partial charge is 0.481 e. The number of hydrogen-bond donors (Lipinski definition) is 4. The molecule has 2 heterocycles. The Balaban J connectivity index is 0.000000208. The molecule has 3 aromatic rings. The van der Waals surface area contributed by atoms with Crippen molar-refractivity contribution in [3.63, 3.8) is 0 Å². The normalized spacial score (nSPS) is 17.0. The molecule has 1 amide bonds. The zero-order chi connectivity index (χ0) is 35.6. The zero-order valence-electron chi connectivity index (χ0n) is 27.9. The summed E-state index contributed by atoms with van der Waals surface area (Å²) >= 11 is 0. The van der Waals surface area contributed by atoms with Gasteiger partial charge in [-0.25, -0.2) is 4.79 Å². The van der Waals surface area contributed by atoms with E-state index in [1.54, 1.807) is 17.0 Å². The average molecular weight is 683 g/mol. The third kappa shape index (κ3) is 10.1. The Morgan fingerprint density at radius 1 is 0.729 bits per heavy atom. The summed E-state index contributed by atoms with van der Waals surface area (Å²) in [6.45, 7) is 9.63. The number of aliphatic carboxylic acids is 2. The first-order valence-corrected chi connectivity index (χ1v) is 17.2. The van der Waals surface area contributed by atoms with Crippen LogP contribution in [0.1, 0.15) is 63.1 Å². The van der Waals surface area contributed by atoms with Gasteiger partial charge in [0, 0.05) is 13.1 Å². The fourth-order valence-corrected chi connectivity index (χ4v) is 6.21. The van der Waals surface area contributed by atoms with E-state index in [4.69, 9.17) is 9.29 Å². The first-order chi connectivity index (χ1) is 22.5. The highest BCUT2D eigenvalue weighted by atomic mass is 32.2. The Labute approximate surface area is 282 Å². The van der Waals surface area contributed by atoms with Crippen LogP contribution in [0.15, 0.2) is 89.8 Å². The average Bonchev–Trinajstić information content (AvgIpc) is 3.05. The first kappa shape index (κ1) is 38.2. The van der Waals surface area contributed by atoms with Gasteiger partial charge in [-0.1, -0.05) is 78.4 Å². The fourth-order valence-electron chi connectivity index (χ4n) is 5.73. The minimum Gasteiger partial charge on any atom is -0.481 e. The number of amides is 1. The maximum absolute atomic E-state index is 12.1. The molecule has 5 rings (SSSR count).